The summed E-state index contributed by atoms with van der Waals surface area (Å²) in [6, 6.07) is 6.81. The Morgan fingerprint density at radius 3 is 2.92 bits per heavy atom. The summed E-state index contributed by atoms with van der Waals surface area (Å²) in [5.41, 5.74) is 1.52. The summed E-state index contributed by atoms with van der Waals surface area (Å²) >= 11 is 1.54. The molecule has 0 aliphatic carbocycles. The number of amides is 1. The van der Waals surface area contributed by atoms with Crippen molar-refractivity contribution in [3.8, 4) is 0 Å². The number of benzene rings is 1. The van der Waals surface area contributed by atoms with Gasteiger partial charge in [-0.1, -0.05) is 12.1 Å². The van der Waals surface area contributed by atoms with Crippen molar-refractivity contribution < 1.29 is 9.21 Å². The number of aromatic nitrogens is 1. The summed E-state index contributed by atoms with van der Waals surface area (Å²) < 4.78 is 5.42. The first kappa shape index (κ1) is 16.1. The predicted molar refractivity (Wildman–Crippen MR) is 94.9 cm³/mol. The van der Waals surface area contributed by atoms with Crippen LogP contribution in [0, 0.1) is 6.92 Å². The molecule has 5 nitrogen and oxygen atoms in total. The summed E-state index contributed by atoms with van der Waals surface area (Å²) in [6.45, 7) is 3.78. The molecule has 122 valence electrons. The zero-order valence-corrected chi connectivity index (χ0v) is 14.1. The molecule has 1 N–H and O–H groups in total. The number of fused-ring (bicyclic) bond motifs is 1. The number of nitrogens with one attached hydrogen (secondary N) is 1. The van der Waals surface area contributed by atoms with Crippen molar-refractivity contribution in [3.63, 3.8) is 0 Å². The van der Waals surface area contributed by atoms with Crippen LogP contribution in [0.5, 0.6) is 0 Å². The van der Waals surface area contributed by atoms with Crippen LogP contribution < -0.4 is 10.7 Å². The summed E-state index contributed by atoms with van der Waals surface area (Å²) in [6.07, 6.45) is 4.16. The van der Waals surface area contributed by atoms with E-state index in [-0.39, 0.29) is 17.4 Å². The maximum atomic E-state index is 12.3. The van der Waals surface area contributed by atoms with Gasteiger partial charge in [-0.05, 0) is 32.1 Å². The van der Waals surface area contributed by atoms with Crippen molar-refractivity contribution in [2.24, 2.45) is 0 Å². The predicted octanol–water partition coefficient (Wildman–Crippen LogP) is 3.45. The molecular formula is C18H16N2O3S. The quantitative estimate of drug-likeness (QED) is 0.738. The van der Waals surface area contributed by atoms with Crippen LogP contribution in [0.25, 0.3) is 17.0 Å². The van der Waals surface area contributed by atoms with Crippen molar-refractivity contribution in [3.05, 3.63) is 68.5 Å². The van der Waals surface area contributed by atoms with Gasteiger partial charge in [0, 0.05) is 11.5 Å². The summed E-state index contributed by atoms with van der Waals surface area (Å²) in [5.74, 6) is -0.291. The number of carbonyl (C=O) groups is 1. The van der Waals surface area contributed by atoms with Crippen LogP contribution in [-0.4, -0.2) is 10.9 Å². The van der Waals surface area contributed by atoms with Crippen LogP contribution in [0.2, 0.25) is 0 Å². The van der Waals surface area contributed by atoms with Gasteiger partial charge in [-0.3, -0.25) is 9.59 Å². The first-order chi connectivity index (χ1) is 11.5. The van der Waals surface area contributed by atoms with Gasteiger partial charge in [0.25, 0.3) is 0 Å². The number of para-hydroxylation sites is 1. The Morgan fingerprint density at radius 1 is 1.38 bits per heavy atom. The molecule has 1 amide bonds. The maximum Gasteiger partial charge on any atom is 0.244 e. The molecule has 3 aromatic rings. The average molecular weight is 340 g/mol. The molecule has 2 aromatic heterocycles. The van der Waals surface area contributed by atoms with E-state index in [1.165, 1.54) is 29.8 Å². The Balaban J connectivity index is 1.74. The molecule has 0 spiro atoms. The lowest BCUT2D eigenvalue weighted by Crippen LogP contribution is -2.25. The topological polar surface area (TPSA) is 72.2 Å². The number of nitrogens with zero attached hydrogens (tertiary/aromatic N) is 1. The smallest absolute Gasteiger partial charge is 0.244 e. The summed E-state index contributed by atoms with van der Waals surface area (Å²) in [5, 5.41) is 6.19. The summed E-state index contributed by atoms with van der Waals surface area (Å²) in [7, 11) is 0. The number of hydrogen-bond acceptors (Lipinski definition) is 5. The van der Waals surface area contributed by atoms with Crippen molar-refractivity contribution in [2.75, 3.05) is 0 Å². The minimum Gasteiger partial charge on any atom is -0.463 e. The van der Waals surface area contributed by atoms with E-state index in [4.69, 9.17) is 4.42 Å². The second-order valence-corrected chi connectivity index (χ2v) is 6.43. The van der Waals surface area contributed by atoms with Crippen LogP contribution in [0.4, 0.5) is 0 Å². The molecule has 6 heteroatoms. The van der Waals surface area contributed by atoms with Gasteiger partial charge < -0.3 is 9.73 Å². The zero-order valence-electron chi connectivity index (χ0n) is 13.3. The lowest BCUT2D eigenvalue weighted by Gasteiger charge is -2.09. The van der Waals surface area contributed by atoms with E-state index in [0.29, 0.717) is 16.5 Å². The molecule has 3 rings (SSSR count). The first-order valence-corrected chi connectivity index (χ1v) is 8.33. The van der Waals surface area contributed by atoms with Gasteiger partial charge in [-0.15, -0.1) is 11.3 Å². The Hall–Kier alpha value is -2.73. The van der Waals surface area contributed by atoms with E-state index in [2.05, 4.69) is 10.3 Å². The van der Waals surface area contributed by atoms with Crippen LogP contribution >= 0.6 is 11.3 Å². The number of thiazole rings is 1. The Kier molecular flexibility index (Phi) is 4.57. The molecule has 0 radical (unpaired) electrons. The molecule has 0 bridgehead atoms. The van der Waals surface area contributed by atoms with Gasteiger partial charge in [-0.2, -0.15) is 0 Å². The molecule has 1 aromatic carbocycles. The highest BCUT2D eigenvalue weighted by Crippen LogP contribution is 2.15. The fraction of sp³-hybridized carbons (Fsp3) is 0.167. The molecule has 0 saturated heterocycles. The molecular weight excluding hydrogens is 324 g/mol. The monoisotopic (exact) mass is 340 g/mol. The van der Waals surface area contributed by atoms with Crippen molar-refractivity contribution in [2.45, 2.75) is 19.9 Å². The number of rotatable bonds is 4. The highest BCUT2D eigenvalue weighted by atomic mass is 32.1. The third-order valence-corrected chi connectivity index (χ3v) is 4.35. The molecule has 0 saturated carbocycles. The van der Waals surface area contributed by atoms with E-state index in [1.54, 1.807) is 24.3 Å². The fourth-order valence-corrected chi connectivity index (χ4v) is 2.99. The standard InChI is InChI=1S/C18H16N2O3S/c1-11(15-10-24-12(2)20-15)19-17(21)8-7-13-9-23-16-6-4-3-5-14(16)18(13)22/h3-11H,1-2H3,(H,19,21)/b8-7+. The molecule has 1 unspecified atom stereocenters. The van der Waals surface area contributed by atoms with E-state index in [0.717, 1.165) is 10.7 Å². The van der Waals surface area contributed by atoms with Gasteiger partial charge >= 0.3 is 0 Å². The van der Waals surface area contributed by atoms with Gasteiger partial charge in [0.15, 0.2) is 5.43 Å². The third-order valence-electron chi connectivity index (χ3n) is 3.56. The zero-order chi connectivity index (χ0) is 17.1. The molecule has 0 fully saturated rings. The number of carbonyl (C=O) groups excluding carboxylic acids is 1. The molecule has 0 aliphatic heterocycles. The SMILES string of the molecule is Cc1nc(C(C)NC(=O)/C=C/c2coc3ccccc3c2=O)cs1. The Bertz CT molecular complexity index is 972. The minimum absolute atomic E-state index is 0.163. The average Bonchev–Trinajstić information content (AvgIpc) is 3.01. The molecule has 0 aliphatic rings. The largest absolute Gasteiger partial charge is 0.463 e. The van der Waals surface area contributed by atoms with Crippen molar-refractivity contribution >= 4 is 34.3 Å². The van der Waals surface area contributed by atoms with Crippen LogP contribution in [0.15, 0.2) is 51.2 Å². The van der Waals surface area contributed by atoms with Crippen molar-refractivity contribution in [1.29, 1.82) is 0 Å². The summed E-state index contributed by atoms with van der Waals surface area (Å²) in [4.78, 5) is 28.7. The molecule has 24 heavy (non-hydrogen) atoms. The minimum atomic E-state index is -0.291. The van der Waals surface area contributed by atoms with Gasteiger partial charge in [0.2, 0.25) is 5.91 Å². The van der Waals surface area contributed by atoms with Gasteiger partial charge in [-0.25, -0.2) is 4.98 Å². The molecule has 1 atom stereocenters. The third kappa shape index (κ3) is 3.44. The van der Waals surface area contributed by atoms with Gasteiger partial charge in [0.1, 0.15) is 11.8 Å². The maximum absolute atomic E-state index is 12.3. The highest BCUT2D eigenvalue weighted by Gasteiger charge is 2.11. The first-order valence-electron chi connectivity index (χ1n) is 7.46. The molecule has 2 heterocycles. The normalized spacial score (nSPS) is 12.6. The van der Waals surface area contributed by atoms with Gasteiger partial charge in [0.05, 0.1) is 27.7 Å². The second kappa shape index (κ2) is 6.80. The van der Waals surface area contributed by atoms with E-state index < -0.39 is 0 Å². The van der Waals surface area contributed by atoms with E-state index >= 15 is 0 Å². The van der Waals surface area contributed by atoms with Crippen LogP contribution in [0.1, 0.15) is 29.2 Å². The second-order valence-electron chi connectivity index (χ2n) is 5.37. The van der Waals surface area contributed by atoms with Crippen LogP contribution in [-0.2, 0) is 4.79 Å². The number of aryl methyl sites for hydroxylation is 1. The Morgan fingerprint density at radius 2 is 2.17 bits per heavy atom. The fourth-order valence-electron chi connectivity index (χ4n) is 2.29. The van der Waals surface area contributed by atoms with Crippen molar-refractivity contribution in [1.82, 2.24) is 10.3 Å². The van der Waals surface area contributed by atoms with E-state index in [1.807, 2.05) is 19.2 Å². The van der Waals surface area contributed by atoms with Crippen LogP contribution in [0.3, 0.4) is 0 Å². The lowest BCUT2D eigenvalue weighted by molar-refractivity contribution is -0.117. The highest BCUT2D eigenvalue weighted by molar-refractivity contribution is 7.09. The van der Waals surface area contributed by atoms with E-state index in [9.17, 15) is 9.59 Å². The Labute approximate surface area is 142 Å². The lowest BCUT2D eigenvalue weighted by atomic mass is 10.1. The number of hydrogen-bond donors (Lipinski definition) is 1.